The third kappa shape index (κ3) is 3.03. The normalized spacial score (nSPS) is 11.2. The summed E-state index contributed by atoms with van der Waals surface area (Å²) in [6.45, 7) is 1.91. The number of amides is 1. The highest BCUT2D eigenvalue weighted by molar-refractivity contribution is 5.98. The van der Waals surface area contributed by atoms with Crippen molar-refractivity contribution in [3.63, 3.8) is 0 Å². The number of rotatable bonds is 4. The number of aryl methyl sites for hydroxylation is 1. The molecule has 0 atom stereocenters. The molecular weight excluding hydrogens is 322 g/mol. The highest BCUT2D eigenvalue weighted by Crippen LogP contribution is 2.36. The SMILES string of the molecule is COc1ccc(C(=O)N=Nc2c(O)[nH]c3c(C)cccc23)cc1OC. The van der Waals surface area contributed by atoms with Crippen LogP contribution in [-0.2, 0) is 0 Å². The Hall–Kier alpha value is -3.35. The number of carbonyl (C=O) groups is 1. The van der Waals surface area contributed by atoms with Gasteiger partial charge in [0.25, 0.3) is 5.91 Å². The molecule has 0 aliphatic rings. The minimum atomic E-state index is -0.553. The molecule has 0 saturated carbocycles. The van der Waals surface area contributed by atoms with E-state index in [1.54, 1.807) is 18.2 Å². The summed E-state index contributed by atoms with van der Waals surface area (Å²) in [6, 6.07) is 10.3. The minimum Gasteiger partial charge on any atom is -0.493 e. The summed E-state index contributed by atoms with van der Waals surface area (Å²) in [4.78, 5) is 15.1. The molecule has 0 unspecified atom stereocenters. The first-order valence-corrected chi connectivity index (χ1v) is 7.53. The van der Waals surface area contributed by atoms with Crippen molar-refractivity contribution in [2.45, 2.75) is 6.92 Å². The summed E-state index contributed by atoms with van der Waals surface area (Å²) >= 11 is 0. The van der Waals surface area contributed by atoms with Crippen LogP contribution in [-0.4, -0.2) is 30.2 Å². The van der Waals surface area contributed by atoms with Crippen LogP contribution in [0.25, 0.3) is 10.9 Å². The number of benzene rings is 2. The molecule has 2 N–H and O–H groups in total. The van der Waals surface area contributed by atoms with Gasteiger partial charge in [-0.15, -0.1) is 10.2 Å². The Kier molecular flexibility index (Phi) is 4.38. The van der Waals surface area contributed by atoms with E-state index in [2.05, 4.69) is 15.2 Å². The quantitative estimate of drug-likeness (QED) is 0.699. The predicted molar refractivity (Wildman–Crippen MR) is 93.1 cm³/mol. The zero-order chi connectivity index (χ0) is 18.0. The second kappa shape index (κ2) is 6.64. The van der Waals surface area contributed by atoms with Crippen molar-refractivity contribution in [1.29, 1.82) is 0 Å². The number of nitrogens with one attached hydrogen (secondary N) is 1. The van der Waals surface area contributed by atoms with Gasteiger partial charge in [0.1, 0.15) is 0 Å². The number of hydrogen-bond acceptors (Lipinski definition) is 5. The van der Waals surface area contributed by atoms with Gasteiger partial charge in [0, 0.05) is 10.9 Å². The summed E-state index contributed by atoms with van der Waals surface area (Å²) in [5.41, 5.74) is 2.25. The third-order valence-corrected chi connectivity index (χ3v) is 3.87. The van der Waals surface area contributed by atoms with Crippen molar-refractivity contribution in [2.24, 2.45) is 10.2 Å². The van der Waals surface area contributed by atoms with Crippen LogP contribution in [0, 0.1) is 6.92 Å². The van der Waals surface area contributed by atoms with Crippen molar-refractivity contribution < 1.29 is 19.4 Å². The van der Waals surface area contributed by atoms with Crippen LogP contribution >= 0.6 is 0 Å². The lowest BCUT2D eigenvalue weighted by Crippen LogP contribution is -1.97. The summed E-state index contributed by atoms with van der Waals surface area (Å²) in [6.07, 6.45) is 0. The lowest BCUT2D eigenvalue weighted by molar-refractivity contribution is 0.0994. The summed E-state index contributed by atoms with van der Waals surface area (Å²) in [7, 11) is 3.00. The fourth-order valence-electron chi connectivity index (χ4n) is 2.56. The Balaban J connectivity index is 1.94. The maximum absolute atomic E-state index is 12.3. The highest BCUT2D eigenvalue weighted by atomic mass is 16.5. The number of azo groups is 1. The van der Waals surface area contributed by atoms with Gasteiger partial charge in [-0.1, -0.05) is 18.2 Å². The third-order valence-electron chi connectivity index (χ3n) is 3.87. The lowest BCUT2D eigenvalue weighted by Gasteiger charge is -2.07. The van der Waals surface area contributed by atoms with E-state index >= 15 is 0 Å². The van der Waals surface area contributed by atoms with Crippen LogP contribution in [0.2, 0.25) is 0 Å². The largest absolute Gasteiger partial charge is 0.493 e. The van der Waals surface area contributed by atoms with Gasteiger partial charge in [0.15, 0.2) is 17.2 Å². The molecule has 1 heterocycles. The number of aromatic amines is 1. The molecule has 1 amide bonds. The number of para-hydroxylation sites is 1. The van der Waals surface area contributed by atoms with E-state index in [9.17, 15) is 9.90 Å². The van der Waals surface area contributed by atoms with E-state index < -0.39 is 5.91 Å². The number of carbonyl (C=O) groups excluding carboxylic acids is 1. The fraction of sp³-hybridized carbons (Fsp3) is 0.167. The molecule has 2 aromatic carbocycles. The second-order valence-electron chi connectivity index (χ2n) is 5.39. The van der Waals surface area contributed by atoms with Crippen LogP contribution in [0.3, 0.4) is 0 Å². The zero-order valence-corrected chi connectivity index (χ0v) is 14.0. The van der Waals surface area contributed by atoms with Gasteiger partial charge in [-0.25, -0.2) is 0 Å². The van der Waals surface area contributed by atoms with Crippen molar-refractivity contribution in [3.05, 3.63) is 47.5 Å². The molecule has 7 nitrogen and oxygen atoms in total. The highest BCUT2D eigenvalue weighted by Gasteiger charge is 2.14. The van der Waals surface area contributed by atoms with Gasteiger partial charge in [-0.3, -0.25) is 4.79 Å². The monoisotopic (exact) mass is 339 g/mol. The van der Waals surface area contributed by atoms with Gasteiger partial charge >= 0.3 is 0 Å². The first-order valence-electron chi connectivity index (χ1n) is 7.53. The number of nitrogens with zero attached hydrogens (tertiary/aromatic N) is 2. The summed E-state index contributed by atoms with van der Waals surface area (Å²) in [5.74, 6) is 0.255. The standard InChI is InChI=1S/C18H17N3O4/c1-10-5-4-6-12-15(10)19-18(23)16(12)20-21-17(22)11-7-8-13(24-2)14(9-11)25-3/h4-9,19,23H,1-3H3. The predicted octanol–water partition coefficient (Wildman–Crippen LogP) is 4.12. The molecule has 1 aromatic heterocycles. The molecule has 0 aliphatic carbocycles. The molecule has 0 saturated heterocycles. The molecule has 0 radical (unpaired) electrons. The van der Waals surface area contributed by atoms with Crippen LogP contribution < -0.4 is 9.47 Å². The minimum absolute atomic E-state index is 0.131. The van der Waals surface area contributed by atoms with Crippen LogP contribution in [0.15, 0.2) is 46.6 Å². The molecule has 128 valence electrons. The average molecular weight is 339 g/mol. The zero-order valence-electron chi connectivity index (χ0n) is 14.0. The molecule has 0 spiro atoms. The van der Waals surface area contributed by atoms with Gasteiger partial charge in [0.2, 0.25) is 5.88 Å². The van der Waals surface area contributed by atoms with Gasteiger partial charge in [-0.2, -0.15) is 0 Å². The van der Waals surface area contributed by atoms with Gasteiger partial charge in [0.05, 0.1) is 19.7 Å². The number of fused-ring (bicyclic) bond motifs is 1. The summed E-state index contributed by atoms with van der Waals surface area (Å²) in [5, 5.41) is 18.4. The Morgan fingerprint density at radius 3 is 2.60 bits per heavy atom. The Labute approximate surface area is 143 Å². The number of ether oxygens (including phenoxy) is 2. The second-order valence-corrected chi connectivity index (χ2v) is 5.39. The number of H-pyrrole nitrogens is 1. The molecule has 3 aromatic rings. The molecule has 0 aliphatic heterocycles. The molecular formula is C18H17N3O4. The van der Waals surface area contributed by atoms with E-state index in [-0.39, 0.29) is 11.6 Å². The molecule has 0 fully saturated rings. The molecule has 0 bridgehead atoms. The van der Waals surface area contributed by atoms with Crippen molar-refractivity contribution in [1.82, 2.24) is 4.98 Å². The molecule has 3 rings (SSSR count). The number of aromatic nitrogens is 1. The topological polar surface area (TPSA) is 96.3 Å². The van der Waals surface area contributed by atoms with Crippen molar-refractivity contribution >= 4 is 22.5 Å². The Morgan fingerprint density at radius 1 is 1.12 bits per heavy atom. The van der Waals surface area contributed by atoms with Gasteiger partial charge < -0.3 is 19.6 Å². The van der Waals surface area contributed by atoms with Crippen LogP contribution in [0.1, 0.15) is 15.9 Å². The molecule has 25 heavy (non-hydrogen) atoms. The van der Waals surface area contributed by atoms with Crippen LogP contribution in [0.5, 0.6) is 17.4 Å². The average Bonchev–Trinajstić information content (AvgIpc) is 2.95. The first kappa shape index (κ1) is 16.5. The van der Waals surface area contributed by atoms with E-state index in [0.29, 0.717) is 22.4 Å². The maximum atomic E-state index is 12.3. The lowest BCUT2D eigenvalue weighted by atomic mass is 10.1. The van der Waals surface area contributed by atoms with Crippen molar-refractivity contribution in [2.75, 3.05) is 14.2 Å². The van der Waals surface area contributed by atoms with Crippen molar-refractivity contribution in [3.8, 4) is 17.4 Å². The fourth-order valence-corrected chi connectivity index (χ4v) is 2.56. The maximum Gasteiger partial charge on any atom is 0.295 e. The first-order chi connectivity index (χ1) is 12.0. The number of aromatic hydroxyl groups is 1. The number of methoxy groups -OCH3 is 2. The van der Waals surface area contributed by atoms with Gasteiger partial charge in [-0.05, 0) is 30.7 Å². The number of hydrogen-bond donors (Lipinski definition) is 2. The van der Waals surface area contributed by atoms with E-state index in [0.717, 1.165) is 11.1 Å². The van der Waals surface area contributed by atoms with E-state index in [1.807, 2.05) is 19.1 Å². The molecule has 7 heteroatoms. The Morgan fingerprint density at radius 2 is 1.88 bits per heavy atom. The van der Waals surface area contributed by atoms with E-state index in [4.69, 9.17) is 9.47 Å². The summed E-state index contributed by atoms with van der Waals surface area (Å²) < 4.78 is 10.3. The Bertz CT molecular complexity index is 976. The van der Waals surface area contributed by atoms with E-state index in [1.165, 1.54) is 20.3 Å². The smallest absolute Gasteiger partial charge is 0.295 e. The van der Waals surface area contributed by atoms with Crippen LogP contribution in [0.4, 0.5) is 5.69 Å².